The first-order valence-electron chi connectivity index (χ1n) is 7.39. The van der Waals surface area contributed by atoms with E-state index in [1.54, 1.807) is 12.1 Å². The number of hydrogen-bond donors (Lipinski definition) is 4. The first-order valence-corrected chi connectivity index (χ1v) is 7.75. The zero-order valence-electron chi connectivity index (χ0n) is 13.1. The summed E-state index contributed by atoms with van der Waals surface area (Å²) in [6, 6.07) is 6.70. The highest BCUT2D eigenvalue weighted by Gasteiger charge is 2.27. The van der Waals surface area contributed by atoms with Crippen LogP contribution in [-0.2, 0) is 4.74 Å². The lowest BCUT2D eigenvalue weighted by molar-refractivity contribution is -0.136. The van der Waals surface area contributed by atoms with Crippen LogP contribution >= 0.6 is 12.9 Å². The molecule has 24 heavy (non-hydrogen) atoms. The molecule has 3 atom stereocenters. The first kappa shape index (κ1) is 18.8. The molecular weight excluding hydrogens is 336 g/mol. The van der Waals surface area contributed by atoms with Crippen molar-refractivity contribution >= 4 is 23.9 Å². The SMILES string of the molecule is Cc1cc(=O)oc2cc(OS)ccc12.OCC1OCC(O)CC1O. The Hall–Kier alpha value is -1.58. The van der Waals surface area contributed by atoms with Crippen molar-refractivity contribution in [1.82, 2.24) is 0 Å². The fourth-order valence-electron chi connectivity index (χ4n) is 2.38. The summed E-state index contributed by atoms with van der Waals surface area (Å²) in [7, 11) is 0. The molecule has 3 rings (SSSR count). The Kier molecular flexibility index (Phi) is 6.64. The number of benzene rings is 1. The molecule has 7 nitrogen and oxygen atoms in total. The van der Waals surface area contributed by atoms with Gasteiger partial charge in [0.2, 0.25) is 0 Å². The molecule has 2 aromatic rings. The Balaban J connectivity index is 0.000000185. The van der Waals surface area contributed by atoms with Crippen LogP contribution in [0.1, 0.15) is 12.0 Å². The number of fused-ring (bicyclic) bond motifs is 1. The summed E-state index contributed by atoms with van der Waals surface area (Å²) in [6.45, 7) is 1.89. The third-order valence-electron chi connectivity index (χ3n) is 3.65. The molecule has 0 spiro atoms. The second kappa shape index (κ2) is 8.50. The standard InChI is InChI=1S/C10H8O3S.C6H12O4/c1-6-4-10(11)12-9-5-7(13-14)2-3-8(6)9;7-2-6-5(9)1-4(8)3-10-6/h2-5,14H,1H3;4-9H,1-3H2. The Morgan fingerprint density at radius 3 is 2.71 bits per heavy atom. The van der Waals surface area contributed by atoms with Crippen molar-refractivity contribution in [1.29, 1.82) is 0 Å². The van der Waals surface area contributed by atoms with Crippen LogP contribution in [0.5, 0.6) is 5.75 Å². The second-order valence-electron chi connectivity index (χ2n) is 5.51. The maximum absolute atomic E-state index is 11.1. The number of hydrogen-bond acceptors (Lipinski definition) is 8. The highest BCUT2D eigenvalue weighted by Crippen LogP contribution is 2.22. The molecule has 0 saturated carbocycles. The maximum atomic E-state index is 11.1. The molecule has 2 heterocycles. The van der Waals surface area contributed by atoms with Gasteiger partial charge in [0, 0.05) is 36.8 Å². The number of aryl methyl sites for hydroxylation is 1. The average molecular weight is 356 g/mol. The van der Waals surface area contributed by atoms with Crippen molar-refractivity contribution in [2.24, 2.45) is 0 Å². The fraction of sp³-hybridized carbons (Fsp3) is 0.438. The van der Waals surface area contributed by atoms with Crippen LogP contribution < -0.4 is 9.81 Å². The van der Waals surface area contributed by atoms with Crippen molar-refractivity contribution in [3.05, 3.63) is 40.2 Å². The number of thiol groups is 1. The monoisotopic (exact) mass is 356 g/mol. The zero-order chi connectivity index (χ0) is 17.7. The van der Waals surface area contributed by atoms with E-state index in [0.717, 1.165) is 10.9 Å². The molecule has 1 saturated heterocycles. The Labute approximate surface area is 144 Å². The molecule has 1 aromatic carbocycles. The highest BCUT2D eigenvalue weighted by atomic mass is 32.1. The minimum Gasteiger partial charge on any atom is -0.429 e. The number of rotatable bonds is 2. The summed E-state index contributed by atoms with van der Waals surface area (Å²) in [4.78, 5) is 11.1. The summed E-state index contributed by atoms with van der Waals surface area (Å²) in [6.07, 6.45) is -1.53. The molecule has 1 aliphatic heterocycles. The van der Waals surface area contributed by atoms with Crippen LogP contribution in [0.2, 0.25) is 0 Å². The van der Waals surface area contributed by atoms with Crippen molar-refractivity contribution in [3.63, 3.8) is 0 Å². The van der Waals surface area contributed by atoms with Gasteiger partial charge >= 0.3 is 5.63 Å². The van der Waals surface area contributed by atoms with E-state index in [-0.39, 0.29) is 18.8 Å². The molecule has 1 aromatic heterocycles. The molecule has 3 N–H and O–H groups in total. The predicted molar refractivity (Wildman–Crippen MR) is 90.3 cm³/mol. The van der Waals surface area contributed by atoms with E-state index in [1.807, 2.05) is 13.0 Å². The van der Waals surface area contributed by atoms with Gasteiger partial charge in [-0.15, -0.1) is 0 Å². The topological polar surface area (TPSA) is 109 Å². The van der Waals surface area contributed by atoms with Crippen LogP contribution in [0, 0.1) is 6.92 Å². The first-order chi connectivity index (χ1) is 11.4. The van der Waals surface area contributed by atoms with Crippen LogP contribution in [0.3, 0.4) is 0 Å². The molecule has 0 aliphatic carbocycles. The van der Waals surface area contributed by atoms with Gasteiger partial charge in [-0.2, -0.15) is 0 Å². The van der Waals surface area contributed by atoms with Gasteiger partial charge in [0.15, 0.2) is 0 Å². The highest BCUT2D eigenvalue weighted by molar-refractivity contribution is 7.75. The lowest BCUT2D eigenvalue weighted by Crippen LogP contribution is -2.42. The number of aliphatic hydroxyl groups excluding tert-OH is 3. The van der Waals surface area contributed by atoms with Gasteiger partial charge in [-0.3, -0.25) is 0 Å². The minimum absolute atomic E-state index is 0.187. The van der Waals surface area contributed by atoms with Crippen LogP contribution in [0.25, 0.3) is 11.0 Å². The van der Waals surface area contributed by atoms with Crippen molar-refractivity contribution in [3.8, 4) is 5.75 Å². The molecular formula is C16H20O7S. The summed E-state index contributed by atoms with van der Waals surface area (Å²) in [5.41, 5.74) is 1.05. The lowest BCUT2D eigenvalue weighted by atomic mass is 10.0. The average Bonchev–Trinajstić information content (AvgIpc) is 2.54. The minimum atomic E-state index is -0.728. The van der Waals surface area contributed by atoms with E-state index in [4.69, 9.17) is 28.7 Å². The van der Waals surface area contributed by atoms with Gasteiger partial charge in [-0.1, -0.05) is 0 Å². The molecule has 1 aliphatic rings. The molecule has 1 fully saturated rings. The van der Waals surface area contributed by atoms with Crippen molar-refractivity contribution < 1.29 is 28.7 Å². The van der Waals surface area contributed by atoms with Crippen LogP contribution in [-0.4, -0.2) is 46.8 Å². The normalized spacial score (nSPS) is 23.5. The van der Waals surface area contributed by atoms with E-state index in [2.05, 4.69) is 12.9 Å². The van der Waals surface area contributed by atoms with Gasteiger partial charge in [0.1, 0.15) is 17.4 Å². The summed E-state index contributed by atoms with van der Waals surface area (Å²) >= 11 is 3.67. The van der Waals surface area contributed by atoms with E-state index in [1.165, 1.54) is 6.07 Å². The molecule has 0 radical (unpaired) electrons. The zero-order valence-corrected chi connectivity index (χ0v) is 14.0. The Bertz CT molecular complexity index is 730. The van der Waals surface area contributed by atoms with Gasteiger partial charge in [-0.05, 0) is 24.6 Å². The molecule has 3 unspecified atom stereocenters. The van der Waals surface area contributed by atoms with Gasteiger partial charge in [0.25, 0.3) is 0 Å². The maximum Gasteiger partial charge on any atom is 0.336 e. The largest absolute Gasteiger partial charge is 0.429 e. The summed E-state index contributed by atoms with van der Waals surface area (Å²) in [5, 5.41) is 27.5. The fourth-order valence-corrected chi connectivity index (χ4v) is 2.49. The van der Waals surface area contributed by atoms with Gasteiger partial charge < -0.3 is 28.7 Å². The summed E-state index contributed by atoms with van der Waals surface area (Å²) in [5.74, 6) is 0.551. The van der Waals surface area contributed by atoms with Crippen LogP contribution in [0.4, 0.5) is 0 Å². The molecule has 132 valence electrons. The Morgan fingerprint density at radius 2 is 2.08 bits per heavy atom. The predicted octanol–water partition coefficient (Wildman–Crippen LogP) is 0.814. The number of aliphatic hydroxyl groups is 3. The molecule has 0 amide bonds. The quantitative estimate of drug-likeness (QED) is 0.358. The summed E-state index contributed by atoms with van der Waals surface area (Å²) < 4.78 is 14.7. The van der Waals surface area contributed by atoms with Gasteiger partial charge in [-0.25, -0.2) is 4.79 Å². The molecule has 0 bridgehead atoms. The van der Waals surface area contributed by atoms with E-state index >= 15 is 0 Å². The second-order valence-corrected chi connectivity index (χ2v) is 5.69. The van der Waals surface area contributed by atoms with Crippen molar-refractivity contribution in [2.45, 2.75) is 31.7 Å². The Morgan fingerprint density at radius 1 is 1.33 bits per heavy atom. The van der Waals surface area contributed by atoms with Gasteiger partial charge in [0.05, 0.1) is 25.4 Å². The smallest absolute Gasteiger partial charge is 0.336 e. The number of ether oxygens (including phenoxy) is 1. The van der Waals surface area contributed by atoms with E-state index < -0.39 is 18.3 Å². The third-order valence-corrected chi connectivity index (χ3v) is 3.86. The molecule has 8 heteroatoms. The van der Waals surface area contributed by atoms with E-state index in [9.17, 15) is 4.79 Å². The lowest BCUT2D eigenvalue weighted by Gasteiger charge is -2.29. The van der Waals surface area contributed by atoms with Crippen LogP contribution in [0.15, 0.2) is 33.5 Å². The third kappa shape index (κ3) is 4.71. The van der Waals surface area contributed by atoms with Crippen molar-refractivity contribution in [2.75, 3.05) is 13.2 Å². The van der Waals surface area contributed by atoms with E-state index in [0.29, 0.717) is 17.8 Å².